The Labute approximate surface area is 101 Å². The predicted octanol–water partition coefficient (Wildman–Crippen LogP) is 2.55. The third kappa shape index (κ3) is 2.45. The van der Waals surface area contributed by atoms with Gasteiger partial charge in [0.15, 0.2) is 11.5 Å². The van der Waals surface area contributed by atoms with Crippen molar-refractivity contribution >= 4 is 30.8 Å². The number of carbonyl (C=O) groups is 1. The van der Waals surface area contributed by atoms with Crippen LogP contribution < -0.4 is 9.47 Å². The lowest BCUT2D eigenvalue weighted by Crippen LogP contribution is -2.26. The Bertz CT molecular complexity index is 411. The summed E-state index contributed by atoms with van der Waals surface area (Å²) in [4.78, 5) is 10.6. The highest BCUT2D eigenvalue weighted by molar-refractivity contribution is 5.92. The molecule has 0 amide bonds. The Hall–Kier alpha value is -1.27. The van der Waals surface area contributed by atoms with Crippen LogP contribution in [0.5, 0.6) is 11.5 Å². The number of alkyl halides is 2. The van der Waals surface area contributed by atoms with Gasteiger partial charge in [0.05, 0.1) is 0 Å². The van der Waals surface area contributed by atoms with Gasteiger partial charge < -0.3 is 14.6 Å². The minimum absolute atomic E-state index is 0. The topological polar surface area (TPSA) is 55.8 Å². The van der Waals surface area contributed by atoms with Crippen LogP contribution in [0.15, 0.2) is 18.2 Å². The van der Waals surface area contributed by atoms with Crippen molar-refractivity contribution in [3.8, 4) is 11.5 Å². The number of benzene rings is 1. The highest BCUT2D eigenvalue weighted by atomic mass is 35.5. The summed E-state index contributed by atoms with van der Waals surface area (Å²) in [5.41, 5.74) is -0.348. The third-order valence-electron chi connectivity index (χ3n) is 1.66. The smallest absolute Gasteiger partial charge is 0.478 e. The fraction of sp³-hybridized carbons (Fsp3) is 0.125. The van der Waals surface area contributed by atoms with Crippen LogP contribution in [-0.4, -0.2) is 17.4 Å². The van der Waals surface area contributed by atoms with Crippen LogP contribution >= 0.6 is 24.8 Å². The zero-order chi connectivity index (χ0) is 10.3. The van der Waals surface area contributed by atoms with Crippen molar-refractivity contribution in [2.24, 2.45) is 0 Å². The number of fused-ring (bicyclic) bond motifs is 1. The lowest BCUT2D eigenvalue weighted by Gasteiger charge is -2.04. The van der Waals surface area contributed by atoms with Crippen LogP contribution in [0.2, 0.25) is 0 Å². The molecule has 1 aliphatic heterocycles. The van der Waals surface area contributed by atoms with E-state index in [4.69, 9.17) is 5.11 Å². The first-order chi connectivity index (χ1) is 6.49. The van der Waals surface area contributed by atoms with E-state index >= 15 is 0 Å². The highest BCUT2D eigenvalue weighted by Gasteiger charge is 2.45. The van der Waals surface area contributed by atoms with Gasteiger partial charge in [-0.25, -0.2) is 4.79 Å². The first-order valence-electron chi connectivity index (χ1n) is 3.62. The number of carboxylic acid groups (broad SMARTS) is 1. The molecule has 0 fully saturated rings. The van der Waals surface area contributed by atoms with Gasteiger partial charge in [-0.1, -0.05) is 6.07 Å². The predicted molar refractivity (Wildman–Crippen MR) is 54.1 cm³/mol. The van der Waals surface area contributed by atoms with Gasteiger partial charge in [0.2, 0.25) is 0 Å². The van der Waals surface area contributed by atoms with E-state index in [-0.39, 0.29) is 36.1 Å². The Kier molecular flexibility index (Phi) is 4.34. The summed E-state index contributed by atoms with van der Waals surface area (Å²) in [6.45, 7) is 0. The summed E-state index contributed by atoms with van der Waals surface area (Å²) in [6.07, 6.45) is -3.78. The van der Waals surface area contributed by atoms with Crippen LogP contribution in [0.4, 0.5) is 8.78 Å². The molecule has 0 aromatic heterocycles. The largest absolute Gasteiger partial charge is 0.586 e. The molecule has 0 atom stereocenters. The second-order valence-corrected chi connectivity index (χ2v) is 2.61. The van der Waals surface area contributed by atoms with Crippen molar-refractivity contribution in [3.63, 3.8) is 0 Å². The summed E-state index contributed by atoms with van der Waals surface area (Å²) in [5, 5.41) is 8.64. The Morgan fingerprint density at radius 2 is 1.88 bits per heavy atom. The average molecular weight is 275 g/mol. The van der Waals surface area contributed by atoms with E-state index < -0.39 is 18.0 Å². The maximum atomic E-state index is 12.5. The monoisotopic (exact) mass is 274 g/mol. The normalized spacial score (nSPS) is 14.6. The van der Waals surface area contributed by atoms with Crippen molar-refractivity contribution in [3.05, 3.63) is 23.8 Å². The summed E-state index contributed by atoms with van der Waals surface area (Å²) >= 11 is 0. The molecule has 90 valence electrons. The van der Waals surface area contributed by atoms with E-state index in [1.807, 2.05) is 0 Å². The number of para-hydroxylation sites is 1. The third-order valence-corrected chi connectivity index (χ3v) is 1.66. The molecule has 0 bridgehead atoms. The molecule has 1 aliphatic rings. The highest BCUT2D eigenvalue weighted by Crippen LogP contribution is 2.42. The maximum Gasteiger partial charge on any atom is 0.586 e. The molecule has 0 aliphatic carbocycles. The van der Waals surface area contributed by atoms with Gasteiger partial charge in [0.25, 0.3) is 0 Å². The van der Waals surface area contributed by atoms with E-state index in [2.05, 4.69) is 9.47 Å². The molecule has 1 aromatic carbocycles. The van der Waals surface area contributed by atoms with Gasteiger partial charge in [-0.05, 0) is 12.1 Å². The lowest BCUT2D eigenvalue weighted by atomic mass is 10.2. The number of hydrogen-bond donors (Lipinski definition) is 1. The second kappa shape index (κ2) is 4.71. The second-order valence-electron chi connectivity index (χ2n) is 2.61. The molecule has 0 radical (unpaired) electrons. The molecule has 0 saturated heterocycles. The Morgan fingerprint density at radius 3 is 2.44 bits per heavy atom. The number of aromatic carboxylic acids is 1. The van der Waals surface area contributed by atoms with Crippen molar-refractivity contribution < 1.29 is 28.2 Å². The molecule has 2 rings (SSSR count). The molecule has 0 spiro atoms. The summed E-state index contributed by atoms with van der Waals surface area (Å²) in [5.74, 6) is -2.05. The quantitative estimate of drug-likeness (QED) is 0.855. The minimum Gasteiger partial charge on any atom is -0.478 e. The standard InChI is InChI=1S/C8H4F2O4.2ClH/c9-8(10)13-5-3-1-2-4(7(11)12)6(5)14-8;;/h1-3H,(H,11,12);2*1H. The molecule has 4 nitrogen and oxygen atoms in total. The van der Waals surface area contributed by atoms with E-state index in [9.17, 15) is 13.6 Å². The van der Waals surface area contributed by atoms with E-state index in [1.54, 1.807) is 0 Å². The number of hydrogen-bond acceptors (Lipinski definition) is 3. The number of carboxylic acids is 1. The van der Waals surface area contributed by atoms with Crippen molar-refractivity contribution in [1.29, 1.82) is 0 Å². The molecule has 0 saturated carbocycles. The first-order valence-corrected chi connectivity index (χ1v) is 3.62. The molecule has 0 unspecified atom stereocenters. The summed E-state index contributed by atoms with van der Waals surface area (Å²) in [6, 6.07) is 3.67. The van der Waals surface area contributed by atoms with Crippen molar-refractivity contribution in [1.82, 2.24) is 0 Å². The van der Waals surface area contributed by atoms with Crippen LogP contribution in [0, 0.1) is 0 Å². The fourth-order valence-corrected chi connectivity index (χ4v) is 1.14. The first kappa shape index (κ1) is 14.7. The minimum atomic E-state index is -3.78. The van der Waals surface area contributed by atoms with Gasteiger partial charge >= 0.3 is 12.3 Å². The van der Waals surface area contributed by atoms with Crippen molar-refractivity contribution in [2.45, 2.75) is 6.29 Å². The van der Waals surface area contributed by atoms with Crippen LogP contribution in [0.25, 0.3) is 0 Å². The zero-order valence-electron chi connectivity index (χ0n) is 7.48. The van der Waals surface area contributed by atoms with Crippen LogP contribution in [0.3, 0.4) is 0 Å². The molecule has 1 aromatic rings. The average Bonchev–Trinajstić information content (AvgIpc) is 2.36. The zero-order valence-corrected chi connectivity index (χ0v) is 9.11. The van der Waals surface area contributed by atoms with E-state index in [0.29, 0.717) is 0 Å². The van der Waals surface area contributed by atoms with Gasteiger partial charge in [-0.15, -0.1) is 33.6 Å². The van der Waals surface area contributed by atoms with Gasteiger partial charge in [-0.3, -0.25) is 0 Å². The van der Waals surface area contributed by atoms with Gasteiger partial charge in [0.1, 0.15) is 5.56 Å². The molecule has 16 heavy (non-hydrogen) atoms. The Morgan fingerprint density at radius 1 is 1.25 bits per heavy atom. The van der Waals surface area contributed by atoms with Gasteiger partial charge in [-0.2, -0.15) is 0 Å². The summed E-state index contributed by atoms with van der Waals surface area (Å²) < 4.78 is 33.2. The van der Waals surface area contributed by atoms with E-state index in [1.165, 1.54) is 12.1 Å². The lowest BCUT2D eigenvalue weighted by molar-refractivity contribution is -0.286. The van der Waals surface area contributed by atoms with Crippen molar-refractivity contribution in [2.75, 3.05) is 0 Å². The number of rotatable bonds is 1. The molecule has 1 heterocycles. The number of ether oxygens (including phenoxy) is 2. The fourth-order valence-electron chi connectivity index (χ4n) is 1.14. The maximum absolute atomic E-state index is 12.5. The molecular formula is C8H6Cl2F2O4. The SMILES string of the molecule is Cl.Cl.O=C(O)c1cccc2c1OC(F)(F)O2. The van der Waals surface area contributed by atoms with Gasteiger partial charge in [0, 0.05) is 0 Å². The molecule has 8 heteroatoms. The Balaban J connectivity index is 0.00000112. The summed E-state index contributed by atoms with van der Waals surface area (Å²) in [7, 11) is 0. The van der Waals surface area contributed by atoms with E-state index in [0.717, 1.165) is 6.07 Å². The molecule has 1 N–H and O–H groups in total. The van der Waals surface area contributed by atoms with Crippen LogP contribution in [-0.2, 0) is 0 Å². The van der Waals surface area contributed by atoms with Crippen LogP contribution in [0.1, 0.15) is 10.4 Å². The molecular weight excluding hydrogens is 269 g/mol. The number of halogens is 4.